The Balaban J connectivity index is 2.26. The standard InChI is InChI=1S/C17H19NO/c1-11-7-8-14(9-12(11)2)10-17(19)15-5-4-6-16(18)13(15)3/h4-9H,10,18H2,1-3H3. The molecule has 0 radical (unpaired) electrons. The number of carbonyl (C=O) groups is 1. The molecule has 0 fully saturated rings. The first-order valence-electron chi connectivity index (χ1n) is 6.43. The molecular weight excluding hydrogens is 234 g/mol. The summed E-state index contributed by atoms with van der Waals surface area (Å²) in [5, 5.41) is 0. The summed E-state index contributed by atoms with van der Waals surface area (Å²) in [7, 11) is 0. The van der Waals surface area contributed by atoms with Gasteiger partial charge in [-0.15, -0.1) is 0 Å². The summed E-state index contributed by atoms with van der Waals surface area (Å²) >= 11 is 0. The lowest BCUT2D eigenvalue weighted by Gasteiger charge is -2.08. The largest absolute Gasteiger partial charge is 0.398 e. The Hall–Kier alpha value is -2.09. The molecule has 19 heavy (non-hydrogen) atoms. The second-order valence-corrected chi connectivity index (χ2v) is 5.04. The van der Waals surface area contributed by atoms with Gasteiger partial charge in [0.25, 0.3) is 0 Å². The Morgan fingerprint density at radius 3 is 2.47 bits per heavy atom. The molecule has 0 atom stereocenters. The highest BCUT2D eigenvalue weighted by Crippen LogP contribution is 2.18. The number of nitrogen functional groups attached to an aromatic ring is 1. The van der Waals surface area contributed by atoms with E-state index in [0.29, 0.717) is 12.1 Å². The number of anilines is 1. The maximum absolute atomic E-state index is 12.3. The van der Waals surface area contributed by atoms with Crippen LogP contribution in [0.2, 0.25) is 0 Å². The molecule has 2 nitrogen and oxygen atoms in total. The van der Waals surface area contributed by atoms with Crippen LogP contribution in [-0.4, -0.2) is 5.78 Å². The number of rotatable bonds is 3. The predicted octanol–water partition coefficient (Wildman–Crippen LogP) is 3.62. The topological polar surface area (TPSA) is 43.1 Å². The van der Waals surface area contributed by atoms with Gasteiger partial charge in [0.05, 0.1) is 0 Å². The van der Waals surface area contributed by atoms with E-state index in [1.54, 1.807) is 0 Å². The van der Waals surface area contributed by atoms with E-state index in [4.69, 9.17) is 5.73 Å². The normalized spacial score (nSPS) is 10.5. The van der Waals surface area contributed by atoms with Crippen LogP contribution in [0.5, 0.6) is 0 Å². The van der Waals surface area contributed by atoms with Gasteiger partial charge in [0, 0.05) is 17.7 Å². The summed E-state index contributed by atoms with van der Waals surface area (Å²) in [5.41, 5.74) is 11.6. The second-order valence-electron chi connectivity index (χ2n) is 5.04. The second kappa shape index (κ2) is 5.27. The van der Waals surface area contributed by atoms with Crippen molar-refractivity contribution < 1.29 is 4.79 Å². The molecular formula is C17H19NO. The molecule has 0 saturated carbocycles. The number of aryl methyl sites for hydroxylation is 2. The van der Waals surface area contributed by atoms with Crippen molar-refractivity contribution in [1.82, 2.24) is 0 Å². The van der Waals surface area contributed by atoms with E-state index < -0.39 is 0 Å². The van der Waals surface area contributed by atoms with E-state index in [-0.39, 0.29) is 5.78 Å². The van der Waals surface area contributed by atoms with Crippen LogP contribution < -0.4 is 5.73 Å². The van der Waals surface area contributed by atoms with E-state index in [1.807, 2.05) is 31.2 Å². The first-order chi connectivity index (χ1) is 8.99. The predicted molar refractivity (Wildman–Crippen MR) is 79.5 cm³/mol. The summed E-state index contributed by atoms with van der Waals surface area (Å²) in [6.45, 7) is 6.03. The summed E-state index contributed by atoms with van der Waals surface area (Å²) in [6, 6.07) is 11.6. The van der Waals surface area contributed by atoms with Gasteiger partial charge in [-0.1, -0.05) is 30.3 Å². The number of carbonyl (C=O) groups excluding carboxylic acids is 1. The summed E-state index contributed by atoms with van der Waals surface area (Å²) in [5.74, 6) is 0.119. The van der Waals surface area contributed by atoms with Crippen molar-refractivity contribution in [3.63, 3.8) is 0 Å². The molecule has 0 aliphatic heterocycles. The third kappa shape index (κ3) is 2.84. The van der Waals surface area contributed by atoms with Crippen molar-refractivity contribution in [2.45, 2.75) is 27.2 Å². The summed E-state index contributed by atoms with van der Waals surface area (Å²) in [4.78, 5) is 12.3. The average molecular weight is 253 g/mol. The van der Waals surface area contributed by atoms with Crippen LogP contribution in [0.3, 0.4) is 0 Å². The number of Topliss-reactive ketones (excluding diaryl/α,β-unsaturated/α-hetero) is 1. The third-order valence-electron chi connectivity index (χ3n) is 3.61. The van der Waals surface area contributed by atoms with E-state index in [1.165, 1.54) is 11.1 Å². The Bertz CT molecular complexity index is 629. The van der Waals surface area contributed by atoms with Crippen LogP contribution in [-0.2, 0) is 6.42 Å². The SMILES string of the molecule is Cc1ccc(CC(=O)c2cccc(N)c2C)cc1C. The van der Waals surface area contributed by atoms with Gasteiger partial charge in [0.2, 0.25) is 0 Å². The molecule has 0 amide bonds. The summed E-state index contributed by atoms with van der Waals surface area (Å²) in [6.07, 6.45) is 0.422. The van der Waals surface area contributed by atoms with Crippen molar-refractivity contribution in [2.24, 2.45) is 0 Å². The molecule has 2 heteroatoms. The van der Waals surface area contributed by atoms with Gasteiger partial charge in [-0.05, 0) is 49.1 Å². The van der Waals surface area contributed by atoms with Crippen LogP contribution in [0.25, 0.3) is 0 Å². The highest BCUT2D eigenvalue weighted by atomic mass is 16.1. The fourth-order valence-electron chi connectivity index (χ4n) is 2.15. The lowest BCUT2D eigenvalue weighted by molar-refractivity contribution is 0.0992. The maximum Gasteiger partial charge on any atom is 0.167 e. The Morgan fingerprint density at radius 2 is 1.79 bits per heavy atom. The van der Waals surface area contributed by atoms with Gasteiger partial charge >= 0.3 is 0 Å². The zero-order chi connectivity index (χ0) is 14.0. The molecule has 0 aliphatic rings. The third-order valence-corrected chi connectivity index (χ3v) is 3.61. The van der Waals surface area contributed by atoms with Crippen LogP contribution in [0.4, 0.5) is 5.69 Å². The molecule has 0 heterocycles. The molecule has 98 valence electrons. The fraction of sp³-hybridized carbons (Fsp3) is 0.235. The molecule has 2 aromatic carbocycles. The van der Waals surface area contributed by atoms with Crippen molar-refractivity contribution in [3.05, 3.63) is 64.2 Å². The van der Waals surface area contributed by atoms with Gasteiger partial charge in [0.1, 0.15) is 0 Å². The van der Waals surface area contributed by atoms with Crippen LogP contribution in [0.15, 0.2) is 36.4 Å². The van der Waals surface area contributed by atoms with Crippen LogP contribution in [0.1, 0.15) is 32.6 Å². The highest BCUT2D eigenvalue weighted by Gasteiger charge is 2.11. The Kier molecular flexibility index (Phi) is 3.70. The van der Waals surface area contributed by atoms with Gasteiger partial charge in [0.15, 0.2) is 5.78 Å². The van der Waals surface area contributed by atoms with E-state index in [2.05, 4.69) is 26.0 Å². The molecule has 2 N–H and O–H groups in total. The Morgan fingerprint density at radius 1 is 1.05 bits per heavy atom. The van der Waals surface area contributed by atoms with E-state index >= 15 is 0 Å². The van der Waals surface area contributed by atoms with Crippen molar-refractivity contribution in [3.8, 4) is 0 Å². The average Bonchev–Trinajstić information content (AvgIpc) is 2.37. The molecule has 0 spiro atoms. The number of benzene rings is 2. The molecule has 0 unspecified atom stereocenters. The van der Waals surface area contributed by atoms with E-state index in [0.717, 1.165) is 16.7 Å². The van der Waals surface area contributed by atoms with Crippen molar-refractivity contribution >= 4 is 11.5 Å². The molecule has 0 aliphatic carbocycles. The summed E-state index contributed by atoms with van der Waals surface area (Å²) < 4.78 is 0. The van der Waals surface area contributed by atoms with Crippen molar-refractivity contribution in [1.29, 1.82) is 0 Å². The minimum atomic E-state index is 0.119. The van der Waals surface area contributed by atoms with Crippen LogP contribution in [0, 0.1) is 20.8 Å². The Labute approximate surface area is 114 Å². The maximum atomic E-state index is 12.3. The quantitative estimate of drug-likeness (QED) is 0.670. The monoisotopic (exact) mass is 253 g/mol. The molecule has 2 aromatic rings. The van der Waals surface area contributed by atoms with Gasteiger partial charge < -0.3 is 5.73 Å². The minimum absolute atomic E-state index is 0.119. The van der Waals surface area contributed by atoms with Gasteiger partial charge in [-0.2, -0.15) is 0 Å². The lowest BCUT2D eigenvalue weighted by Crippen LogP contribution is -2.07. The zero-order valence-electron chi connectivity index (χ0n) is 11.7. The molecule has 0 saturated heterocycles. The van der Waals surface area contributed by atoms with Crippen LogP contribution >= 0.6 is 0 Å². The number of hydrogen-bond acceptors (Lipinski definition) is 2. The molecule has 0 bridgehead atoms. The zero-order valence-corrected chi connectivity index (χ0v) is 11.7. The van der Waals surface area contributed by atoms with E-state index in [9.17, 15) is 4.79 Å². The molecule has 0 aromatic heterocycles. The lowest BCUT2D eigenvalue weighted by atomic mass is 9.96. The smallest absolute Gasteiger partial charge is 0.167 e. The number of nitrogens with two attached hydrogens (primary N) is 1. The van der Waals surface area contributed by atoms with Gasteiger partial charge in [-0.3, -0.25) is 4.79 Å². The fourth-order valence-corrected chi connectivity index (χ4v) is 2.15. The minimum Gasteiger partial charge on any atom is -0.398 e. The van der Waals surface area contributed by atoms with Gasteiger partial charge in [-0.25, -0.2) is 0 Å². The first-order valence-corrected chi connectivity index (χ1v) is 6.43. The highest BCUT2D eigenvalue weighted by molar-refractivity contribution is 5.99. The number of hydrogen-bond donors (Lipinski definition) is 1. The molecule has 2 rings (SSSR count). The first kappa shape index (κ1) is 13.3. The number of ketones is 1. The van der Waals surface area contributed by atoms with Crippen molar-refractivity contribution in [2.75, 3.05) is 5.73 Å².